The minimum atomic E-state index is -3.74. The molecule has 0 aromatic heterocycles. The predicted molar refractivity (Wildman–Crippen MR) is 167 cm³/mol. The van der Waals surface area contributed by atoms with Crippen molar-refractivity contribution in [2.75, 3.05) is 33.0 Å². The van der Waals surface area contributed by atoms with E-state index >= 15 is 0 Å². The molecule has 0 aromatic carbocycles. The van der Waals surface area contributed by atoms with E-state index in [0.29, 0.717) is 0 Å². The lowest BCUT2D eigenvalue weighted by atomic mass is 9.70. The number of hydrogen-bond acceptors (Lipinski definition) is 26. The molecule has 5 rings (SSSR count). The van der Waals surface area contributed by atoms with E-state index in [2.05, 4.69) is 0 Å². The first kappa shape index (κ1) is 46.0. The molecule has 5 aliphatic heterocycles. The maximum atomic E-state index is 12.1. The Kier molecular flexibility index (Phi) is 14.7. The Morgan fingerprint density at radius 1 is 0.375 bits per heavy atom. The highest BCUT2D eigenvalue weighted by molar-refractivity contribution is 5.22. The highest BCUT2D eigenvalue weighted by Crippen LogP contribution is 2.54. The molecule has 0 radical (unpaired) electrons. The third-order valence-corrected chi connectivity index (χ3v) is 11.1. The Labute approximate surface area is 315 Å². The van der Waals surface area contributed by atoms with Crippen molar-refractivity contribution in [3.8, 4) is 0 Å². The highest BCUT2D eigenvalue weighted by Gasteiger charge is 2.79. The molecule has 0 spiro atoms. The minimum absolute atomic E-state index is 1.10. The molecule has 0 bridgehead atoms. The normalized spacial score (nSPS) is 54.2. The van der Waals surface area contributed by atoms with Crippen LogP contribution in [-0.2, 0) is 33.2 Å². The van der Waals surface area contributed by atoms with E-state index in [1.54, 1.807) is 0 Å². The van der Waals surface area contributed by atoms with Gasteiger partial charge in [0.1, 0.15) is 128 Å². The van der Waals surface area contributed by atoms with Gasteiger partial charge in [-0.25, -0.2) is 0 Å². The van der Waals surface area contributed by atoms with Crippen molar-refractivity contribution in [1.29, 1.82) is 0 Å². The molecule has 19 N–H and O–H groups in total. The second kappa shape index (κ2) is 17.9. The average molecular weight is 829 g/mol. The molecule has 5 saturated heterocycles. The van der Waals surface area contributed by atoms with E-state index < -0.39 is 185 Å². The van der Waals surface area contributed by atoms with Gasteiger partial charge in [-0.2, -0.15) is 0 Å². The fraction of sp³-hybridized carbons (Fsp3) is 1.00. The molecule has 0 aromatic rings. The van der Waals surface area contributed by atoms with Crippen molar-refractivity contribution in [3.63, 3.8) is 0 Å². The van der Waals surface area contributed by atoms with Gasteiger partial charge >= 0.3 is 0 Å². The maximum absolute atomic E-state index is 12.1. The summed E-state index contributed by atoms with van der Waals surface area (Å²) in [6, 6.07) is 0. The van der Waals surface area contributed by atoms with E-state index in [-0.39, 0.29) is 0 Å². The summed E-state index contributed by atoms with van der Waals surface area (Å²) in [5, 5.41) is 206. The predicted octanol–water partition coefficient (Wildman–Crippen LogP) is -13.1. The zero-order chi connectivity index (χ0) is 41.8. The molecule has 24 atom stereocenters. The largest absolute Gasteiger partial charge is 0.394 e. The molecule has 5 fully saturated rings. The fourth-order valence-corrected chi connectivity index (χ4v) is 7.83. The lowest BCUT2D eigenvalue weighted by Crippen LogP contribution is -2.84. The van der Waals surface area contributed by atoms with Crippen molar-refractivity contribution in [2.45, 2.75) is 152 Å². The third kappa shape index (κ3) is 7.40. The zero-order valence-corrected chi connectivity index (χ0v) is 29.2. The fourth-order valence-electron chi connectivity index (χ4n) is 7.83. The summed E-state index contributed by atoms with van der Waals surface area (Å²) in [6.07, 6.45) is -54.1. The second-order valence-electron chi connectivity index (χ2n) is 14.4. The first-order chi connectivity index (χ1) is 26.3. The van der Waals surface area contributed by atoms with E-state index in [0.717, 1.165) is 0 Å². The second-order valence-corrected chi connectivity index (χ2v) is 14.4. The summed E-state index contributed by atoms with van der Waals surface area (Å²) in [4.78, 5) is 0. The average Bonchev–Trinajstić information content (AvgIpc) is 3.44. The van der Waals surface area contributed by atoms with Crippen molar-refractivity contribution in [2.24, 2.45) is 0 Å². The van der Waals surface area contributed by atoms with Crippen LogP contribution in [0.25, 0.3) is 0 Å². The van der Waals surface area contributed by atoms with Gasteiger partial charge in [0.15, 0.2) is 18.2 Å². The van der Waals surface area contributed by atoms with E-state index in [1.165, 1.54) is 0 Å². The molecule has 5 heterocycles. The molecule has 26 heteroatoms. The van der Waals surface area contributed by atoms with Crippen LogP contribution in [-0.4, -0.2) is 282 Å². The number of rotatable bonds is 12. The lowest BCUT2D eigenvalue weighted by Gasteiger charge is -2.61. The smallest absolute Gasteiger partial charge is 0.235 e. The summed E-state index contributed by atoms with van der Waals surface area (Å²) in [5.74, 6) is -3.74. The van der Waals surface area contributed by atoms with E-state index in [9.17, 15) is 97.0 Å². The molecule has 0 unspecified atom stereocenters. The number of ether oxygens (including phenoxy) is 7. The van der Waals surface area contributed by atoms with Crippen molar-refractivity contribution < 1.29 is 130 Å². The van der Waals surface area contributed by atoms with Crippen LogP contribution in [0, 0.1) is 0 Å². The van der Waals surface area contributed by atoms with Crippen molar-refractivity contribution in [3.05, 3.63) is 0 Å². The first-order valence-electron chi connectivity index (χ1n) is 17.6. The quantitative estimate of drug-likeness (QED) is 0.0868. The Hall–Kier alpha value is -1.04. The van der Waals surface area contributed by atoms with Crippen LogP contribution < -0.4 is 0 Å². The van der Waals surface area contributed by atoms with E-state index in [1.807, 2.05) is 0 Å². The summed E-state index contributed by atoms with van der Waals surface area (Å²) >= 11 is 0. The minimum Gasteiger partial charge on any atom is -0.394 e. The molecule has 5 aliphatic rings. The topological polar surface area (TPSA) is 449 Å². The van der Waals surface area contributed by atoms with Crippen LogP contribution in [0.3, 0.4) is 0 Å². The van der Waals surface area contributed by atoms with Gasteiger partial charge in [-0.15, -0.1) is 0 Å². The van der Waals surface area contributed by atoms with Gasteiger partial charge in [-0.05, 0) is 0 Å². The van der Waals surface area contributed by atoms with Gasteiger partial charge in [0.25, 0.3) is 0 Å². The maximum Gasteiger partial charge on any atom is 0.235 e. The van der Waals surface area contributed by atoms with Crippen LogP contribution in [0.15, 0.2) is 0 Å². The lowest BCUT2D eigenvalue weighted by molar-refractivity contribution is -0.480. The van der Waals surface area contributed by atoms with Gasteiger partial charge in [-0.1, -0.05) is 0 Å². The van der Waals surface area contributed by atoms with Crippen LogP contribution in [0.1, 0.15) is 0 Å². The Balaban J connectivity index is 1.88. The number of aliphatic hydroxyl groups excluding tert-OH is 19. The monoisotopic (exact) mass is 828 g/mol. The molecule has 26 nitrogen and oxygen atoms in total. The highest BCUT2D eigenvalue weighted by atomic mass is 16.8. The van der Waals surface area contributed by atoms with Crippen molar-refractivity contribution in [1.82, 2.24) is 0 Å². The molecule has 0 saturated carbocycles. The molecule has 328 valence electrons. The van der Waals surface area contributed by atoms with Crippen LogP contribution in [0.2, 0.25) is 0 Å². The van der Waals surface area contributed by atoms with Crippen molar-refractivity contribution >= 4 is 0 Å². The van der Waals surface area contributed by atoms with Crippen LogP contribution in [0.5, 0.6) is 0 Å². The Morgan fingerprint density at radius 3 is 1.09 bits per heavy atom. The van der Waals surface area contributed by atoms with Gasteiger partial charge in [-0.3, -0.25) is 0 Å². The van der Waals surface area contributed by atoms with Crippen LogP contribution >= 0.6 is 0 Å². The Bertz CT molecular complexity index is 1230. The SMILES string of the molecule is OC[C@H]1O[C@H](C(O[C@H]2O[C@H](CO)[C@H](O)[C@H](O)[C@H]2O)([C@H]2O[C@H](CO)[C@H](O)[C@H](O)[C@H]2O)[C@@]2(O[C@H]3O[C@H](CO)[C@@H](O)[C@H](O)[C@H]3O)O[C@H](CO)[C@@H](O)[C@@H]2O)[C@H](O)[C@@H](O)[C@H]1O. The molecule has 0 aliphatic carbocycles. The summed E-state index contributed by atoms with van der Waals surface area (Å²) < 4.78 is 40.8. The molecule has 0 amide bonds. The molecule has 56 heavy (non-hydrogen) atoms. The molecular formula is C30H52O26. The summed E-state index contributed by atoms with van der Waals surface area (Å²) in [5.41, 5.74) is -3.74. The zero-order valence-electron chi connectivity index (χ0n) is 29.2. The third-order valence-electron chi connectivity index (χ3n) is 11.1. The number of aliphatic hydroxyl groups is 19. The summed E-state index contributed by atoms with van der Waals surface area (Å²) in [6.45, 7) is -5.95. The standard InChI is InChI=1S/C30H52O26/c31-1-6-11(36)16(41)20(45)25(50-6)29(26-21(46)17(42)12(37)7(2-32)51-26,55-27-22(47)18(43)13(38)8(3-33)52-27)30(24(49)15(40)10(5-35)54-30)56-28-23(48)19(44)14(39)9(4-34)53-28/h6-28,31-49H,1-5H2/t6-,7-,8-,9-,10-,11+,12+,13+,14-,15-,16+,17+,18+,19+,20-,21-,22-,23-,24+,25+,26+,27-,28-,30-/m1/s1. The Morgan fingerprint density at radius 2 is 0.714 bits per heavy atom. The number of hydrogen-bond donors (Lipinski definition) is 19. The first-order valence-corrected chi connectivity index (χ1v) is 17.6. The van der Waals surface area contributed by atoms with Gasteiger partial charge in [0.2, 0.25) is 5.79 Å². The van der Waals surface area contributed by atoms with Gasteiger partial charge in [0.05, 0.1) is 33.0 Å². The van der Waals surface area contributed by atoms with Gasteiger partial charge in [0, 0.05) is 0 Å². The van der Waals surface area contributed by atoms with Gasteiger partial charge < -0.3 is 130 Å². The van der Waals surface area contributed by atoms with Crippen LogP contribution in [0.4, 0.5) is 0 Å². The van der Waals surface area contributed by atoms with E-state index in [4.69, 9.17) is 33.2 Å². The summed E-state index contributed by atoms with van der Waals surface area (Å²) in [7, 11) is 0. The molecular weight excluding hydrogens is 776 g/mol.